The van der Waals surface area contributed by atoms with E-state index >= 15 is 0 Å². The quantitative estimate of drug-likeness (QED) is 0.613. The molecule has 3 aromatic heterocycles. The van der Waals surface area contributed by atoms with Crippen molar-refractivity contribution in [2.75, 3.05) is 18.1 Å². The monoisotopic (exact) mass is 400 g/mol. The van der Waals surface area contributed by atoms with Crippen molar-refractivity contribution in [2.45, 2.75) is 45.1 Å². The Morgan fingerprint density at radius 1 is 1.33 bits per heavy atom. The van der Waals surface area contributed by atoms with E-state index in [4.69, 9.17) is 9.72 Å². The summed E-state index contributed by atoms with van der Waals surface area (Å²) in [7, 11) is 0. The molecule has 0 spiro atoms. The molecule has 1 aliphatic carbocycles. The molecule has 0 amide bonds. The first kappa shape index (κ1) is 17.1. The van der Waals surface area contributed by atoms with Gasteiger partial charge in [-0.05, 0) is 44.6 Å². The zero-order valence-electron chi connectivity index (χ0n) is 15.1. The SMILES string of the molecule is CCOC(=O)c1csc(C2CCCN2c2ncnc3sc4c(c23)CCC4)n1. The number of rotatable bonds is 4. The van der Waals surface area contributed by atoms with Crippen LogP contribution in [0.5, 0.6) is 0 Å². The summed E-state index contributed by atoms with van der Waals surface area (Å²) in [4.78, 5) is 30.7. The van der Waals surface area contributed by atoms with Gasteiger partial charge in [-0.1, -0.05) is 0 Å². The molecule has 4 heterocycles. The third-order valence-electron chi connectivity index (χ3n) is 5.30. The number of aryl methyl sites for hydroxylation is 2. The van der Waals surface area contributed by atoms with Gasteiger partial charge >= 0.3 is 5.97 Å². The van der Waals surface area contributed by atoms with Gasteiger partial charge in [0.15, 0.2) is 5.69 Å². The van der Waals surface area contributed by atoms with E-state index in [0.29, 0.717) is 12.3 Å². The van der Waals surface area contributed by atoms with Crippen molar-refractivity contribution in [3.63, 3.8) is 0 Å². The average molecular weight is 401 g/mol. The molecule has 6 nitrogen and oxygen atoms in total. The predicted octanol–water partition coefficient (Wildman–Crippen LogP) is 4.15. The van der Waals surface area contributed by atoms with Crippen LogP contribution in [0.1, 0.15) is 58.2 Å². The number of carbonyl (C=O) groups is 1. The second-order valence-corrected chi connectivity index (χ2v) is 8.85. The molecule has 27 heavy (non-hydrogen) atoms. The number of anilines is 1. The topological polar surface area (TPSA) is 68.2 Å². The Hall–Kier alpha value is -2.06. The Morgan fingerprint density at radius 2 is 2.26 bits per heavy atom. The van der Waals surface area contributed by atoms with Crippen molar-refractivity contribution in [3.05, 3.63) is 32.8 Å². The molecule has 0 aromatic carbocycles. The standard InChI is InChI=1S/C19H20N4O2S2/c1-2-25-19(24)12-9-26-17(22-12)13-6-4-8-23(13)16-15-11-5-3-7-14(11)27-18(15)21-10-20-16/h9-10,13H,2-8H2,1H3. The van der Waals surface area contributed by atoms with Gasteiger partial charge in [0.25, 0.3) is 0 Å². The minimum absolute atomic E-state index is 0.160. The largest absolute Gasteiger partial charge is 0.461 e. The average Bonchev–Trinajstić information content (AvgIpc) is 3.42. The minimum atomic E-state index is -0.343. The molecule has 1 unspecified atom stereocenters. The van der Waals surface area contributed by atoms with Crippen molar-refractivity contribution in [3.8, 4) is 0 Å². The number of hydrogen-bond donors (Lipinski definition) is 0. The summed E-state index contributed by atoms with van der Waals surface area (Å²) >= 11 is 3.36. The Kier molecular flexibility index (Phi) is 4.32. The lowest BCUT2D eigenvalue weighted by molar-refractivity contribution is 0.0520. The van der Waals surface area contributed by atoms with Gasteiger partial charge < -0.3 is 9.64 Å². The van der Waals surface area contributed by atoms with Gasteiger partial charge in [0.05, 0.1) is 18.0 Å². The minimum Gasteiger partial charge on any atom is -0.461 e. The Labute approximate surface area is 165 Å². The van der Waals surface area contributed by atoms with Gasteiger partial charge in [-0.3, -0.25) is 0 Å². The second kappa shape index (κ2) is 6.83. The number of thiophene rings is 1. The van der Waals surface area contributed by atoms with Crippen LogP contribution in [-0.2, 0) is 17.6 Å². The molecule has 8 heteroatoms. The zero-order chi connectivity index (χ0) is 18.4. The number of esters is 1. The summed E-state index contributed by atoms with van der Waals surface area (Å²) in [5, 5.41) is 4.01. The highest BCUT2D eigenvalue weighted by Gasteiger charge is 2.33. The van der Waals surface area contributed by atoms with E-state index in [1.807, 2.05) is 23.6 Å². The molecule has 1 saturated heterocycles. The van der Waals surface area contributed by atoms with Crippen LogP contribution in [0.15, 0.2) is 11.7 Å². The van der Waals surface area contributed by atoms with Gasteiger partial charge in [0, 0.05) is 16.8 Å². The number of carbonyl (C=O) groups excluding carboxylic acids is 1. The normalized spacial score (nSPS) is 19.0. The van der Waals surface area contributed by atoms with Crippen LogP contribution in [0.2, 0.25) is 0 Å². The molecule has 1 atom stereocenters. The third kappa shape index (κ3) is 2.82. The van der Waals surface area contributed by atoms with Gasteiger partial charge in [0.2, 0.25) is 0 Å². The first-order valence-electron chi connectivity index (χ1n) is 9.40. The van der Waals surface area contributed by atoms with Crippen LogP contribution in [-0.4, -0.2) is 34.1 Å². The smallest absolute Gasteiger partial charge is 0.357 e. The highest BCUT2D eigenvalue weighted by Crippen LogP contribution is 2.44. The fraction of sp³-hybridized carbons (Fsp3) is 0.474. The number of hydrogen-bond acceptors (Lipinski definition) is 8. The molecule has 0 N–H and O–H groups in total. The molecular formula is C19H20N4O2S2. The highest BCUT2D eigenvalue weighted by molar-refractivity contribution is 7.19. The molecule has 5 rings (SSSR count). The molecule has 0 radical (unpaired) electrons. The maximum atomic E-state index is 12.0. The van der Waals surface area contributed by atoms with E-state index in [1.165, 1.54) is 33.6 Å². The lowest BCUT2D eigenvalue weighted by atomic mass is 10.1. The summed E-state index contributed by atoms with van der Waals surface area (Å²) in [5.74, 6) is 0.694. The Morgan fingerprint density at radius 3 is 3.15 bits per heavy atom. The summed E-state index contributed by atoms with van der Waals surface area (Å²) in [5.41, 5.74) is 1.86. The van der Waals surface area contributed by atoms with Crippen LogP contribution in [0, 0.1) is 0 Å². The number of aromatic nitrogens is 3. The van der Waals surface area contributed by atoms with E-state index in [2.05, 4.69) is 14.9 Å². The van der Waals surface area contributed by atoms with Crippen molar-refractivity contribution < 1.29 is 9.53 Å². The van der Waals surface area contributed by atoms with Gasteiger partial charge in [-0.2, -0.15) is 0 Å². The van der Waals surface area contributed by atoms with Gasteiger partial charge in [0.1, 0.15) is 22.0 Å². The van der Waals surface area contributed by atoms with E-state index in [0.717, 1.165) is 47.9 Å². The summed E-state index contributed by atoms with van der Waals surface area (Å²) in [6.45, 7) is 3.13. The van der Waals surface area contributed by atoms with E-state index in [9.17, 15) is 4.79 Å². The molecule has 3 aromatic rings. The maximum absolute atomic E-state index is 12.0. The van der Waals surface area contributed by atoms with Gasteiger partial charge in [-0.15, -0.1) is 22.7 Å². The van der Waals surface area contributed by atoms with E-state index < -0.39 is 0 Å². The number of ether oxygens (including phenoxy) is 1. The van der Waals surface area contributed by atoms with Crippen LogP contribution < -0.4 is 4.90 Å². The first-order chi connectivity index (χ1) is 13.3. The number of fused-ring (bicyclic) bond motifs is 3. The van der Waals surface area contributed by atoms with E-state index in [1.54, 1.807) is 6.33 Å². The molecular weight excluding hydrogens is 380 g/mol. The Balaban J connectivity index is 1.52. The van der Waals surface area contributed by atoms with Crippen LogP contribution in [0.3, 0.4) is 0 Å². The number of nitrogens with zero attached hydrogens (tertiary/aromatic N) is 4. The highest BCUT2D eigenvalue weighted by atomic mass is 32.1. The summed E-state index contributed by atoms with van der Waals surface area (Å²) < 4.78 is 5.09. The van der Waals surface area contributed by atoms with E-state index in [-0.39, 0.29) is 12.0 Å². The van der Waals surface area contributed by atoms with Crippen LogP contribution in [0.25, 0.3) is 10.2 Å². The van der Waals surface area contributed by atoms with Crippen LogP contribution >= 0.6 is 22.7 Å². The zero-order valence-corrected chi connectivity index (χ0v) is 16.7. The van der Waals surface area contributed by atoms with Crippen molar-refractivity contribution in [1.82, 2.24) is 15.0 Å². The van der Waals surface area contributed by atoms with Crippen molar-refractivity contribution >= 4 is 44.7 Å². The molecule has 140 valence electrons. The maximum Gasteiger partial charge on any atom is 0.357 e. The third-order valence-corrected chi connectivity index (χ3v) is 7.44. The summed E-state index contributed by atoms with van der Waals surface area (Å²) in [6.07, 6.45) is 7.31. The predicted molar refractivity (Wildman–Crippen MR) is 107 cm³/mol. The first-order valence-corrected chi connectivity index (χ1v) is 11.1. The molecule has 0 bridgehead atoms. The number of thiazole rings is 1. The van der Waals surface area contributed by atoms with Crippen LogP contribution in [0.4, 0.5) is 5.82 Å². The molecule has 1 fully saturated rings. The lowest BCUT2D eigenvalue weighted by Gasteiger charge is -2.25. The van der Waals surface area contributed by atoms with Gasteiger partial charge in [-0.25, -0.2) is 19.7 Å². The Bertz CT molecular complexity index is 1010. The fourth-order valence-electron chi connectivity index (χ4n) is 4.15. The molecule has 1 aliphatic heterocycles. The lowest BCUT2D eigenvalue weighted by Crippen LogP contribution is -2.24. The van der Waals surface area contributed by atoms with Crippen molar-refractivity contribution in [2.24, 2.45) is 0 Å². The summed E-state index contributed by atoms with van der Waals surface area (Å²) in [6, 6.07) is 0.160. The van der Waals surface area contributed by atoms with Crippen molar-refractivity contribution in [1.29, 1.82) is 0 Å². The second-order valence-electron chi connectivity index (χ2n) is 6.88. The molecule has 2 aliphatic rings. The fourth-order valence-corrected chi connectivity index (χ4v) is 6.30. The molecule has 0 saturated carbocycles.